The average molecular weight is 465 g/mol. The Labute approximate surface area is 189 Å². The number of hydrogen-bond acceptors (Lipinski definition) is 5. The first-order chi connectivity index (χ1) is 14.4. The first kappa shape index (κ1) is 22.5. The topological polar surface area (TPSA) is 69.0 Å². The molecule has 30 heavy (non-hydrogen) atoms. The molecule has 0 bridgehead atoms. The van der Waals surface area contributed by atoms with Crippen LogP contribution >= 0.6 is 35.0 Å². The van der Waals surface area contributed by atoms with Gasteiger partial charge in [0.05, 0.1) is 19.3 Å². The van der Waals surface area contributed by atoms with E-state index in [0.29, 0.717) is 16.5 Å². The molecule has 0 aliphatic heterocycles. The van der Waals surface area contributed by atoms with Crippen molar-refractivity contribution >= 4 is 41.1 Å². The first-order valence-electron chi connectivity index (χ1n) is 9.32. The Morgan fingerprint density at radius 1 is 1.20 bits per heavy atom. The van der Waals surface area contributed by atoms with Gasteiger partial charge in [-0.25, -0.2) is 4.79 Å². The summed E-state index contributed by atoms with van der Waals surface area (Å²) in [6.07, 6.45) is 3.67. The molecule has 2 aromatic heterocycles. The van der Waals surface area contributed by atoms with Crippen LogP contribution < -0.4 is 5.32 Å². The van der Waals surface area contributed by atoms with Crippen molar-refractivity contribution in [3.63, 3.8) is 0 Å². The van der Waals surface area contributed by atoms with Crippen LogP contribution in [0.15, 0.2) is 52.6 Å². The minimum absolute atomic E-state index is 0.116. The molecule has 0 aliphatic carbocycles. The van der Waals surface area contributed by atoms with Gasteiger partial charge < -0.3 is 10.1 Å². The molecule has 1 amide bonds. The summed E-state index contributed by atoms with van der Waals surface area (Å²) >= 11 is 14.0. The van der Waals surface area contributed by atoms with Crippen molar-refractivity contribution in [1.82, 2.24) is 20.1 Å². The Balaban J connectivity index is 2.06. The number of rotatable bonds is 7. The standard InChI is InChI=1S/C21H22Cl2N4O2S/c1-13(2)27-20(30-17-10-15(22)9-16(23)11-17)18(8-14-4-6-24-7-5-14)19(26-27)12-25-21(28)29-3/h4-7,9-11,13H,8,12H2,1-3H3,(H,25,28). The normalized spacial score (nSPS) is 11.0. The van der Waals surface area contributed by atoms with E-state index in [9.17, 15) is 4.79 Å². The molecule has 9 heteroatoms. The van der Waals surface area contributed by atoms with Gasteiger partial charge in [-0.2, -0.15) is 5.10 Å². The van der Waals surface area contributed by atoms with Crippen molar-refractivity contribution in [2.45, 2.75) is 42.8 Å². The highest BCUT2D eigenvalue weighted by atomic mass is 35.5. The fourth-order valence-corrected chi connectivity index (χ4v) is 4.82. The molecule has 2 heterocycles. The van der Waals surface area contributed by atoms with Gasteiger partial charge in [-0.15, -0.1) is 0 Å². The van der Waals surface area contributed by atoms with Gasteiger partial charge in [-0.1, -0.05) is 35.0 Å². The number of nitrogens with one attached hydrogen (secondary N) is 1. The van der Waals surface area contributed by atoms with Crippen LogP contribution in [0, 0.1) is 0 Å². The van der Waals surface area contributed by atoms with Gasteiger partial charge >= 0.3 is 6.09 Å². The molecule has 0 saturated heterocycles. The predicted octanol–water partition coefficient (Wildman–Crippen LogP) is 5.76. The number of ether oxygens (including phenoxy) is 1. The lowest BCUT2D eigenvalue weighted by Crippen LogP contribution is -2.23. The van der Waals surface area contributed by atoms with Gasteiger partial charge in [0.1, 0.15) is 5.03 Å². The summed E-state index contributed by atoms with van der Waals surface area (Å²) in [6.45, 7) is 4.39. The molecule has 0 aliphatic rings. The molecule has 1 aromatic carbocycles. The summed E-state index contributed by atoms with van der Waals surface area (Å²) in [7, 11) is 1.34. The Bertz CT molecular complexity index is 1010. The van der Waals surface area contributed by atoms with Crippen LogP contribution in [0.1, 0.15) is 36.7 Å². The van der Waals surface area contributed by atoms with Crippen LogP contribution in [-0.2, 0) is 17.7 Å². The molecular weight excluding hydrogens is 443 g/mol. The van der Waals surface area contributed by atoms with E-state index < -0.39 is 6.09 Å². The van der Waals surface area contributed by atoms with Crippen molar-refractivity contribution in [3.8, 4) is 0 Å². The second kappa shape index (κ2) is 10.2. The number of nitrogens with zero attached hydrogens (tertiary/aromatic N) is 3. The molecule has 3 aromatic rings. The Morgan fingerprint density at radius 2 is 1.87 bits per heavy atom. The molecule has 0 radical (unpaired) electrons. The van der Waals surface area contributed by atoms with Gasteiger partial charge in [0.2, 0.25) is 0 Å². The highest BCUT2D eigenvalue weighted by Crippen LogP contribution is 2.37. The van der Waals surface area contributed by atoms with Crippen molar-refractivity contribution < 1.29 is 9.53 Å². The van der Waals surface area contributed by atoms with Crippen LogP contribution in [0.5, 0.6) is 0 Å². The Morgan fingerprint density at radius 3 is 2.47 bits per heavy atom. The van der Waals surface area contributed by atoms with Crippen molar-refractivity contribution in [2.75, 3.05) is 7.11 Å². The molecule has 6 nitrogen and oxygen atoms in total. The number of carbonyl (C=O) groups is 1. The number of pyridine rings is 1. The van der Waals surface area contributed by atoms with Crippen LogP contribution in [0.3, 0.4) is 0 Å². The number of benzene rings is 1. The number of hydrogen-bond donors (Lipinski definition) is 1. The van der Waals surface area contributed by atoms with Crippen molar-refractivity contribution in [1.29, 1.82) is 0 Å². The van der Waals surface area contributed by atoms with E-state index in [-0.39, 0.29) is 12.6 Å². The zero-order valence-electron chi connectivity index (χ0n) is 16.9. The molecule has 0 spiro atoms. The third-order valence-corrected chi connectivity index (χ3v) is 5.83. The average Bonchev–Trinajstić information content (AvgIpc) is 3.03. The van der Waals surface area contributed by atoms with E-state index >= 15 is 0 Å². The fraction of sp³-hybridized carbons (Fsp3) is 0.286. The Kier molecular flexibility index (Phi) is 7.64. The van der Waals surface area contributed by atoms with Gasteiger partial charge in [0, 0.05) is 45.4 Å². The molecule has 3 rings (SSSR count). The summed E-state index contributed by atoms with van der Waals surface area (Å²) < 4.78 is 6.67. The number of methoxy groups -OCH3 is 1. The Hall–Kier alpha value is -2.22. The maximum Gasteiger partial charge on any atom is 0.407 e. The highest BCUT2D eigenvalue weighted by molar-refractivity contribution is 7.99. The van der Waals surface area contributed by atoms with E-state index in [4.69, 9.17) is 33.0 Å². The minimum atomic E-state index is -0.500. The van der Waals surface area contributed by atoms with Crippen molar-refractivity contribution in [3.05, 3.63) is 69.6 Å². The lowest BCUT2D eigenvalue weighted by molar-refractivity contribution is 0.170. The van der Waals surface area contributed by atoms with E-state index in [1.165, 1.54) is 7.11 Å². The smallest absolute Gasteiger partial charge is 0.407 e. The van der Waals surface area contributed by atoms with E-state index in [0.717, 1.165) is 26.7 Å². The summed E-state index contributed by atoms with van der Waals surface area (Å²) in [6, 6.07) is 9.50. The first-order valence-corrected chi connectivity index (χ1v) is 10.9. The fourth-order valence-electron chi connectivity index (χ4n) is 2.91. The molecule has 0 atom stereocenters. The lowest BCUT2D eigenvalue weighted by Gasteiger charge is -2.13. The lowest BCUT2D eigenvalue weighted by atomic mass is 10.1. The summed E-state index contributed by atoms with van der Waals surface area (Å²) in [4.78, 5) is 16.6. The van der Waals surface area contributed by atoms with Gasteiger partial charge in [-0.3, -0.25) is 9.67 Å². The number of carbonyl (C=O) groups excluding carboxylic acids is 1. The zero-order valence-corrected chi connectivity index (χ0v) is 19.2. The van der Waals surface area contributed by atoms with Gasteiger partial charge in [0.15, 0.2) is 0 Å². The summed E-state index contributed by atoms with van der Waals surface area (Å²) in [5, 5.41) is 9.65. The second-order valence-corrected chi connectivity index (χ2v) is 8.79. The molecular formula is C21H22Cl2N4O2S. The minimum Gasteiger partial charge on any atom is -0.453 e. The number of aromatic nitrogens is 3. The molecule has 158 valence electrons. The molecule has 1 N–H and O–H groups in total. The number of alkyl carbamates (subject to hydrolysis) is 1. The second-order valence-electron chi connectivity index (χ2n) is 6.85. The summed E-state index contributed by atoms with van der Waals surface area (Å²) in [5.41, 5.74) is 2.90. The maximum absolute atomic E-state index is 11.6. The van der Waals surface area contributed by atoms with E-state index in [2.05, 4.69) is 24.1 Å². The van der Waals surface area contributed by atoms with Crippen molar-refractivity contribution in [2.24, 2.45) is 0 Å². The third kappa shape index (κ3) is 5.68. The van der Waals surface area contributed by atoms with Gasteiger partial charge in [0.25, 0.3) is 0 Å². The summed E-state index contributed by atoms with van der Waals surface area (Å²) in [5.74, 6) is 0. The third-order valence-electron chi connectivity index (χ3n) is 4.30. The zero-order chi connectivity index (χ0) is 21.7. The van der Waals surface area contributed by atoms with Crippen LogP contribution in [0.2, 0.25) is 10.0 Å². The van der Waals surface area contributed by atoms with Crippen LogP contribution in [-0.4, -0.2) is 28.0 Å². The van der Waals surface area contributed by atoms with Crippen LogP contribution in [0.25, 0.3) is 0 Å². The monoisotopic (exact) mass is 464 g/mol. The molecule has 0 unspecified atom stereocenters. The number of halogens is 2. The SMILES string of the molecule is COC(=O)NCc1nn(C(C)C)c(Sc2cc(Cl)cc(Cl)c2)c1Cc1ccncc1. The van der Waals surface area contributed by atoms with Crippen LogP contribution in [0.4, 0.5) is 4.79 Å². The number of amides is 1. The largest absolute Gasteiger partial charge is 0.453 e. The maximum atomic E-state index is 11.6. The predicted molar refractivity (Wildman–Crippen MR) is 119 cm³/mol. The quantitative estimate of drug-likeness (QED) is 0.480. The van der Waals surface area contributed by atoms with E-state index in [1.54, 1.807) is 30.2 Å². The molecule has 0 fully saturated rings. The highest BCUT2D eigenvalue weighted by Gasteiger charge is 2.21. The molecule has 0 saturated carbocycles. The van der Waals surface area contributed by atoms with E-state index in [1.807, 2.05) is 28.9 Å². The van der Waals surface area contributed by atoms with Gasteiger partial charge in [-0.05, 0) is 49.7 Å².